The molecule has 1 aromatic heterocycles. The number of fused-ring (bicyclic) bond motifs is 1. The highest BCUT2D eigenvalue weighted by Gasteiger charge is 2.20. The van der Waals surface area contributed by atoms with Crippen molar-refractivity contribution >= 4 is 44.8 Å². The molecule has 6 heteroatoms. The Kier molecular flexibility index (Phi) is 4.88. The lowest BCUT2D eigenvalue weighted by atomic mass is 10.2. The van der Waals surface area contributed by atoms with Crippen LogP contribution in [0.5, 0.6) is 0 Å². The number of nitrogen functional groups attached to an aromatic ring is 1. The molecule has 0 bridgehead atoms. The topological polar surface area (TPSA) is 55.1 Å². The third-order valence-corrected chi connectivity index (χ3v) is 5.01. The molecule has 0 saturated heterocycles. The molecule has 1 aromatic carbocycles. The van der Waals surface area contributed by atoms with Crippen LogP contribution in [-0.4, -0.2) is 24.0 Å². The smallest absolute Gasteiger partial charge is 0.263 e. The van der Waals surface area contributed by atoms with Crippen molar-refractivity contribution in [1.82, 2.24) is 5.32 Å². The zero-order chi connectivity index (χ0) is 14.7. The first kappa shape index (κ1) is 15.1. The first-order valence-electron chi connectivity index (χ1n) is 6.34. The molecule has 0 spiro atoms. The first-order chi connectivity index (χ1) is 9.58. The fourth-order valence-electron chi connectivity index (χ4n) is 2.01. The SMILES string of the molecule is CCC(CSC)NC(=O)c1sc2cccc(F)c2c1N. The number of hydrogen-bond acceptors (Lipinski definition) is 4. The Balaban J connectivity index is 2.31. The van der Waals surface area contributed by atoms with E-state index in [1.54, 1.807) is 23.9 Å². The quantitative estimate of drug-likeness (QED) is 0.888. The fraction of sp³-hybridized carbons (Fsp3) is 0.357. The van der Waals surface area contributed by atoms with E-state index in [1.807, 2.05) is 13.2 Å². The maximum atomic E-state index is 13.8. The van der Waals surface area contributed by atoms with E-state index in [4.69, 9.17) is 5.73 Å². The highest BCUT2D eigenvalue weighted by atomic mass is 32.2. The predicted octanol–water partition coefficient (Wildman–Crippen LogP) is 3.49. The second kappa shape index (κ2) is 6.45. The van der Waals surface area contributed by atoms with E-state index in [9.17, 15) is 9.18 Å². The average molecular weight is 312 g/mol. The minimum Gasteiger partial charge on any atom is -0.397 e. The normalized spacial score (nSPS) is 12.6. The van der Waals surface area contributed by atoms with Gasteiger partial charge in [0.25, 0.3) is 5.91 Å². The Labute approximate surface area is 125 Å². The number of thiophene rings is 1. The molecule has 0 saturated carbocycles. The number of amides is 1. The zero-order valence-electron chi connectivity index (χ0n) is 11.4. The lowest BCUT2D eigenvalue weighted by molar-refractivity contribution is 0.0945. The van der Waals surface area contributed by atoms with Crippen molar-refractivity contribution in [2.24, 2.45) is 0 Å². The maximum Gasteiger partial charge on any atom is 0.263 e. The summed E-state index contributed by atoms with van der Waals surface area (Å²) in [6.07, 6.45) is 2.85. The van der Waals surface area contributed by atoms with Crippen molar-refractivity contribution in [3.05, 3.63) is 28.9 Å². The molecular formula is C14H17FN2OS2. The molecule has 0 radical (unpaired) electrons. The summed E-state index contributed by atoms with van der Waals surface area (Å²) >= 11 is 2.91. The lowest BCUT2D eigenvalue weighted by Crippen LogP contribution is -2.36. The number of carbonyl (C=O) groups excluding carboxylic acids is 1. The third-order valence-electron chi connectivity index (χ3n) is 3.10. The van der Waals surface area contributed by atoms with Gasteiger partial charge in [-0.15, -0.1) is 11.3 Å². The van der Waals surface area contributed by atoms with Crippen LogP contribution in [0.1, 0.15) is 23.0 Å². The van der Waals surface area contributed by atoms with Crippen LogP contribution in [0.25, 0.3) is 10.1 Å². The van der Waals surface area contributed by atoms with E-state index in [1.165, 1.54) is 17.4 Å². The Morgan fingerprint density at radius 2 is 2.30 bits per heavy atom. The third kappa shape index (κ3) is 2.91. The van der Waals surface area contributed by atoms with Gasteiger partial charge in [-0.3, -0.25) is 4.79 Å². The molecule has 1 unspecified atom stereocenters. The monoisotopic (exact) mass is 312 g/mol. The number of anilines is 1. The van der Waals surface area contributed by atoms with Crippen LogP contribution in [0.4, 0.5) is 10.1 Å². The van der Waals surface area contributed by atoms with Crippen LogP contribution in [0.15, 0.2) is 18.2 Å². The van der Waals surface area contributed by atoms with Gasteiger partial charge in [0.2, 0.25) is 0 Å². The molecule has 0 fully saturated rings. The van der Waals surface area contributed by atoms with Crippen LogP contribution < -0.4 is 11.1 Å². The molecule has 0 aliphatic carbocycles. The Hall–Kier alpha value is -1.27. The van der Waals surface area contributed by atoms with E-state index in [-0.39, 0.29) is 23.5 Å². The van der Waals surface area contributed by atoms with Gasteiger partial charge in [0.15, 0.2) is 0 Å². The molecule has 108 valence electrons. The second-order valence-corrected chi connectivity index (χ2v) is 6.45. The van der Waals surface area contributed by atoms with Gasteiger partial charge in [-0.1, -0.05) is 13.0 Å². The molecule has 1 heterocycles. The molecule has 3 N–H and O–H groups in total. The number of carbonyl (C=O) groups is 1. The number of nitrogens with one attached hydrogen (secondary N) is 1. The molecule has 2 rings (SSSR count). The molecule has 3 nitrogen and oxygen atoms in total. The minimum atomic E-state index is -0.383. The van der Waals surface area contributed by atoms with Gasteiger partial charge in [0.1, 0.15) is 10.7 Å². The van der Waals surface area contributed by atoms with Crippen LogP contribution in [0.2, 0.25) is 0 Å². The standard InChI is InChI=1S/C14H17FN2OS2/c1-3-8(7-19-2)17-14(18)13-12(16)11-9(15)5-4-6-10(11)20-13/h4-6,8H,3,7,16H2,1-2H3,(H,17,18). The summed E-state index contributed by atoms with van der Waals surface area (Å²) in [5, 5.41) is 3.30. The van der Waals surface area contributed by atoms with Gasteiger partial charge in [-0.2, -0.15) is 11.8 Å². The summed E-state index contributed by atoms with van der Waals surface area (Å²) in [6.45, 7) is 2.02. The molecule has 2 aromatic rings. The molecular weight excluding hydrogens is 295 g/mol. The Morgan fingerprint density at radius 1 is 1.55 bits per heavy atom. The van der Waals surface area contributed by atoms with Gasteiger partial charge >= 0.3 is 0 Å². The summed E-state index contributed by atoms with van der Waals surface area (Å²) in [5.74, 6) is 0.247. The number of rotatable bonds is 5. The van der Waals surface area contributed by atoms with E-state index in [2.05, 4.69) is 5.32 Å². The molecule has 20 heavy (non-hydrogen) atoms. The van der Waals surface area contributed by atoms with Gasteiger partial charge in [0.05, 0.1) is 11.1 Å². The Bertz CT molecular complexity index is 627. The van der Waals surface area contributed by atoms with Crippen LogP contribution in [0, 0.1) is 5.82 Å². The number of nitrogens with two attached hydrogens (primary N) is 1. The van der Waals surface area contributed by atoms with Gasteiger partial charge in [-0.05, 0) is 24.8 Å². The zero-order valence-corrected chi connectivity index (χ0v) is 13.0. The first-order valence-corrected chi connectivity index (χ1v) is 8.55. The summed E-state index contributed by atoms with van der Waals surface area (Å²) in [7, 11) is 0. The molecule has 1 amide bonds. The summed E-state index contributed by atoms with van der Waals surface area (Å²) in [5.41, 5.74) is 6.17. The highest BCUT2D eigenvalue weighted by molar-refractivity contribution is 7.98. The van der Waals surface area contributed by atoms with Gasteiger partial charge < -0.3 is 11.1 Å². The predicted molar refractivity (Wildman–Crippen MR) is 86.1 cm³/mol. The van der Waals surface area contributed by atoms with Gasteiger partial charge in [0, 0.05) is 16.5 Å². The highest BCUT2D eigenvalue weighted by Crippen LogP contribution is 2.35. The summed E-state index contributed by atoms with van der Waals surface area (Å²) in [4.78, 5) is 12.7. The van der Waals surface area contributed by atoms with Crippen LogP contribution in [0.3, 0.4) is 0 Å². The van der Waals surface area contributed by atoms with Crippen molar-refractivity contribution in [3.8, 4) is 0 Å². The van der Waals surface area contributed by atoms with Crippen molar-refractivity contribution in [1.29, 1.82) is 0 Å². The average Bonchev–Trinajstić information content (AvgIpc) is 2.77. The molecule has 0 aliphatic rings. The van der Waals surface area contributed by atoms with Crippen LogP contribution >= 0.6 is 23.1 Å². The van der Waals surface area contributed by atoms with E-state index in [0.717, 1.165) is 12.2 Å². The van der Waals surface area contributed by atoms with Crippen molar-refractivity contribution in [2.75, 3.05) is 17.7 Å². The van der Waals surface area contributed by atoms with E-state index >= 15 is 0 Å². The van der Waals surface area contributed by atoms with E-state index < -0.39 is 0 Å². The summed E-state index contributed by atoms with van der Waals surface area (Å²) in [6, 6.07) is 4.86. The Morgan fingerprint density at radius 3 is 2.90 bits per heavy atom. The van der Waals surface area contributed by atoms with Crippen molar-refractivity contribution < 1.29 is 9.18 Å². The number of thioether (sulfide) groups is 1. The summed E-state index contributed by atoms with van der Waals surface area (Å²) < 4.78 is 14.5. The maximum absolute atomic E-state index is 13.8. The minimum absolute atomic E-state index is 0.104. The molecule has 0 aliphatic heterocycles. The fourth-order valence-corrected chi connectivity index (χ4v) is 3.77. The lowest BCUT2D eigenvalue weighted by Gasteiger charge is -2.15. The largest absolute Gasteiger partial charge is 0.397 e. The second-order valence-electron chi connectivity index (χ2n) is 4.49. The molecule has 1 atom stereocenters. The van der Waals surface area contributed by atoms with Crippen molar-refractivity contribution in [3.63, 3.8) is 0 Å². The number of halogens is 1. The van der Waals surface area contributed by atoms with Gasteiger partial charge in [-0.25, -0.2) is 4.39 Å². The van der Waals surface area contributed by atoms with E-state index in [0.29, 0.717) is 15.0 Å². The number of benzene rings is 1. The van der Waals surface area contributed by atoms with Crippen molar-refractivity contribution in [2.45, 2.75) is 19.4 Å². The number of hydrogen-bond donors (Lipinski definition) is 2. The van der Waals surface area contributed by atoms with Crippen LogP contribution in [-0.2, 0) is 0 Å².